The lowest BCUT2D eigenvalue weighted by Gasteiger charge is -2.29. The molecule has 0 amide bonds. The molecule has 19 heavy (non-hydrogen) atoms. The van der Waals surface area contributed by atoms with Gasteiger partial charge in [-0.2, -0.15) is 0 Å². The molecule has 0 aromatic carbocycles. The SMILES string of the molecule is O=C(O)CCC(CP(=O)(O)O)(CP(=O)(O)O)C(=O)O. The summed E-state index contributed by atoms with van der Waals surface area (Å²) in [4.78, 5) is 56.8. The Kier molecular flexibility index (Phi) is 5.88. The number of carbonyl (C=O) groups is 2. The first kappa shape index (κ1) is 18.2. The Labute approximate surface area is 107 Å². The van der Waals surface area contributed by atoms with Gasteiger partial charge in [-0.3, -0.25) is 18.7 Å². The fourth-order valence-electron chi connectivity index (χ4n) is 1.59. The van der Waals surface area contributed by atoms with Crippen LogP contribution in [0.4, 0.5) is 0 Å². The van der Waals surface area contributed by atoms with E-state index < -0.39 is 57.7 Å². The zero-order chi connectivity index (χ0) is 15.5. The van der Waals surface area contributed by atoms with Crippen LogP contribution in [0.1, 0.15) is 12.8 Å². The van der Waals surface area contributed by atoms with Gasteiger partial charge in [0.25, 0.3) is 0 Å². The van der Waals surface area contributed by atoms with Gasteiger partial charge >= 0.3 is 27.1 Å². The molecule has 112 valence electrons. The third-order valence-electron chi connectivity index (χ3n) is 2.29. The first-order valence-electron chi connectivity index (χ1n) is 4.82. The summed E-state index contributed by atoms with van der Waals surface area (Å²) in [7, 11) is -9.81. The molecule has 10 nitrogen and oxygen atoms in total. The summed E-state index contributed by atoms with van der Waals surface area (Å²) in [6, 6.07) is 0. The monoisotopic (exact) mass is 320 g/mol. The van der Waals surface area contributed by atoms with Gasteiger partial charge in [-0.1, -0.05) is 0 Å². The molecule has 0 aliphatic heterocycles. The Hall–Kier alpha value is -0.760. The summed E-state index contributed by atoms with van der Waals surface area (Å²) in [6.45, 7) is 0. The number of rotatable bonds is 8. The van der Waals surface area contributed by atoms with E-state index in [-0.39, 0.29) is 0 Å². The van der Waals surface area contributed by atoms with Crippen molar-refractivity contribution < 1.29 is 48.5 Å². The van der Waals surface area contributed by atoms with Gasteiger partial charge in [0.15, 0.2) is 0 Å². The molecule has 0 bridgehead atoms. The molecule has 0 aromatic rings. The summed E-state index contributed by atoms with van der Waals surface area (Å²) in [5.74, 6) is -3.30. The highest BCUT2D eigenvalue weighted by atomic mass is 31.2. The van der Waals surface area contributed by atoms with E-state index in [4.69, 9.17) is 29.8 Å². The van der Waals surface area contributed by atoms with Gasteiger partial charge in [0.2, 0.25) is 0 Å². The van der Waals surface area contributed by atoms with Gasteiger partial charge in [0, 0.05) is 6.42 Å². The minimum absolute atomic E-state index is 0.785. The molecule has 0 fully saturated rings. The van der Waals surface area contributed by atoms with Crippen LogP contribution < -0.4 is 0 Å². The van der Waals surface area contributed by atoms with E-state index >= 15 is 0 Å². The standard InChI is InChI=1S/C7H14O10P2/c8-5(9)1-2-7(6(10)11,3-18(12,13)14)4-19(15,16)17/h1-4H2,(H,8,9)(H,10,11)(H2,12,13,14)(H2,15,16,17). The van der Waals surface area contributed by atoms with Crippen LogP contribution in [-0.4, -0.2) is 54.0 Å². The van der Waals surface area contributed by atoms with Crippen molar-refractivity contribution in [3.8, 4) is 0 Å². The van der Waals surface area contributed by atoms with Crippen LogP contribution in [0.3, 0.4) is 0 Å². The normalized spacial score (nSPS) is 13.3. The minimum Gasteiger partial charge on any atom is -0.481 e. The first-order valence-corrected chi connectivity index (χ1v) is 8.41. The summed E-state index contributed by atoms with van der Waals surface area (Å²) in [5.41, 5.74) is -2.49. The molecule has 0 unspecified atom stereocenters. The average molecular weight is 320 g/mol. The molecule has 0 saturated carbocycles. The zero-order valence-corrected chi connectivity index (χ0v) is 11.3. The third-order valence-corrected chi connectivity index (χ3v) is 4.32. The van der Waals surface area contributed by atoms with E-state index in [0.29, 0.717) is 0 Å². The van der Waals surface area contributed by atoms with Crippen molar-refractivity contribution in [3.05, 3.63) is 0 Å². The van der Waals surface area contributed by atoms with Gasteiger partial charge in [0.05, 0.1) is 17.7 Å². The van der Waals surface area contributed by atoms with E-state index in [1.165, 1.54) is 0 Å². The summed E-state index contributed by atoms with van der Waals surface area (Å²) in [6.07, 6.45) is -4.26. The Morgan fingerprint density at radius 2 is 1.26 bits per heavy atom. The van der Waals surface area contributed by atoms with E-state index in [1.807, 2.05) is 0 Å². The number of hydrogen-bond donors (Lipinski definition) is 6. The fraction of sp³-hybridized carbons (Fsp3) is 0.714. The Balaban J connectivity index is 5.47. The van der Waals surface area contributed by atoms with Crippen LogP contribution in [0.5, 0.6) is 0 Å². The molecule has 0 rings (SSSR count). The molecule has 0 saturated heterocycles. The topological polar surface area (TPSA) is 190 Å². The van der Waals surface area contributed by atoms with Crippen LogP contribution in [0.25, 0.3) is 0 Å². The molecule has 0 aromatic heterocycles. The quantitative estimate of drug-likeness (QED) is 0.311. The fourth-order valence-corrected chi connectivity index (χ4v) is 4.15. The number of carboxylic acids is 2. The van der Waals surface area contributed by atoms with E-state index in [0.717, 1.165) is 0 Å². The maximum Gasteiger partial charge on any atom is 0.326 e. The van der Waals surface area contributed by atoms with E-state index in [1.54, 1.807) is 0 Å². The van der Waals surface area contributed by atoms with E-state index in [2.05, 4.69) is 0 Å². The Bertz CT molecular complexity index is 421. The van der Waals surface area contributed by atoms with Crippen LogP contribution in [0.15, 0.2) is 0 Å². The molecule has 0 heterocycles. The number of carboxylic acid groups (broad SMARTS) is 2. The molecule has 0 atom stereocenters. The van der Waals surface area contributed by atoms with Crippen LogP contribution in [-0.2, 0) is 18.7 Å². The van der Waals surface area contributed by atoms with Gasteiger partial charge < -0.3 is 29.8 Å². The highest BCUT2D eigenvalue weighted by Gasteiger charge is 2.48. The van der Waals surface area contributed by atoms with Gasteiger partial charge in [-0.25, -0.2) is 0 Å². The second-order valence-corrected chi connectivity index (χ2v) is 7.42. The number of hydrogen-bond acceptors (Lipinski definition) is 4. The maximum atomic E-state index is 11.1. The van der Waals surface area contributed by atoms with Crippen molar-refractivity contribution in [3.63, 3.8) is 0 Å². The third kappa shape index (κ3) is 7.41. The Morgan fingerprint density at radius 3 is 1.47 bits per heavy atom. The Morgan fingerprint density at radius 1 is 0.895 bits per heavy atom. The van der Waals surface area contributed by atoms with Crippen LogP contribution in [0.2, 0.25) is 0 Å². The molecule has 0 spiro atoms. The molecule has 12 heteroatoms. The highest BCUT2D eigenvalue weighted by molar-refractivity contribution is 7.53. The second kappa shape index (κ2) is 6.13. The summed E-state index contributed by atoms with van der Waals surface area (Å²) < 4.78 is 21.8. The number of aliphatic carboxylic acids is 2. The lowest BCUT2D eigenvalue weighted by Crippen LogP contribution is -2.39. The van der Waals surface area contributed by atoms with Crippen molar-refractivity contribution in [1.82, 2.24) is 0 Å². The van der Waals surface area contributed by atoms with Crippen molar-refractivity contribution in [1.29, 1.82) is 0 Å². The molecule has 0 radical (unpaired) electrons. The van der Waals surface area contributed by atoms with Crippen molar-refractivity contribution >= 4 is 27.1 Å². The van der Waals surface area contributed by atoms with Crippen molar-refractivity contribution in [2.45, 2.75) is 12.8 Å². The van der Waals surface area contributed by atoms with Gasteiger partial charge in [-0.05, 0) is 6.42 Å². The predicted octanol–water partition coefficient (Wildman–Crippen LogP) is -0.722. The van der Waals surface area contributed by atoms with Crippen molar-refractivity contribution in [2.75, 3.05) is 12.3 Å². The highest BCUT2D eigenvalue weighted by Crippen LogP contribution is 2.51. The minimum atomic E-state index is -4.90. The molecule has 0 aliphatic carbocycles. The summed E-state index contributed by atoms with van der Waals surface area (Å²) >= 11 is 0. The average Bonchev–Trinajstić information content (AvgIpc) is 2.08. The first-order chi connectivity index (χ1) is 8.27. The van der Waals surface area contributed by atoms with E-state index in [9.17, 15) is 18.7 Å². The zero-order valence-electron chi connectivity index (χ0n) is 9.54. The lowest BCUT2D eigenvalue weighted by atomic mass is 9.87. The maximum absolute atomic E-state index is 11.1. The van der Waals surface area contributed by atoms with Gasteiger partial charge in [-0.15, -0.1) is 0 Å². The molecule has 6 N–H and O–H groups in total. The predicted molar refractivity (Wildman–Crippen MR) is 60.8 cm³/mol. The largest absolute Gasteiger partial charge is 0.481 e. The lowest BCUT2D eigenvalue weighted by molar-refractivity contribution is -0.148. The second-order valence-electron chi connectivity index (χ2n) is 4.12. The van der Waals surface area contributed by atoms with Crippen LogP contribution in [0, 0.1) is 5.41 Å². The summed E-state index contributed by atoms with van der Waals surface area (Å²) in [5, 5.41) is 17.5. The molecular formula is C7H14O10P2. The molecular weight excluding hydrogens is 306 g/mol. The van der Waals surface area contributed by atoms with Gasteiger partial charge in [0.1, 0.15) is 0 Å². The smallest absolute Gasteiger partial charge is 0.326 e. The van der Waals surface area contributed by atoms with Crippen molar-refractivity contribution in [2.24, 2.45) is 5.41 Å². The van der Waals surface area contributed by atoms with Crippen LogP contribution >= 0.6 is 15.2 Å². The molecule has 0 aliphatic rings.